The predicted octanol–water partition coefficient (Wildman–Crippen LogP) is 2.15. The third-order valence-electron chi connectivity index (χ3n) is 3.23. The van der Waals surface area contributed by atoms with Gasteiger partial charge in [-0.15, -0.1) is 0 Å². The summed E-state index contributed by atoms with van der Waals surface area (Å²) in [6, 6.07) is 5.98. The summed E-state index contributed by atoms with van der Waals surface area (Å²) in [6.45, 7) is 6.28. The molecule has 0 atom stereocenters. The van der Waals surface area contributed by atoms with Crippen molar-refractivity contribution in [2.24, 2.45) is 0 Å². The molecule has 0 spiro atoms. The van der Waals surface area contributed by atoms with Crippen LogP contribution in [0.15, 0.2) is 18.2 Å². The maximum absolute atomic E-state index is 10.9. The topological polar surface area (TPSA) is 40.5 Å². The molecule has 2 rings (SSSR count). The number of aromatic carboxylic acids is 1. The van der Waals surface area contributed by atoms with Crippen LogP contribution in [0.4, 0.5) is 0 Å². The Morgan fingerprint density at radius 3 is 2.75 bits per heavy atom. The van der Waals surface area contributed by atoms with Crippen molar-refractivity contribution in [2.45, 2.75) is 32.9 Å². The minimum atomic E-state index is -0.843. The van der Waals surface area contributed by atoms with Crippen LogP contribution < -0.4 is 0 Å². The fourth-order valence-electron chi connectivity index (χ4n) is 2.15. The van der Waals surface area contributed by atoms with E-state index >= 15 is 0 Å². The SMILES string of the molecule is CC(C)N1CCc2ccc(C(=O)O)cc2C1. The van der Waals surface area contributed by atoms with Crippen molar-refractivity contribution in [3.63, 3.8) is 0 Å². The van der Waals surface area contributed by atoms with Gasteiger partial charge in [-0.3, -0.25) is 4.90 Å². The zero-order valence-electron chi connectivity index (χ0n) is 9.73. The molecular weight excluding hydrogens is 202 g/mol. The van der Waals surface area contributed by atoms with Crippen molar-refractivity contribution in [1.29, 1.82) is 0 Å². The van der Waals surface area contributed by atoms with E-state index in [0.29, 0.717) is 11.6 Å². The summed E-state index contributed by atoms with van der Waals surface area (Å²) in [6.07, 6.45) is 1.02. The molecule has 0 bridgehead atoms. The van der Waals surface area contributed by atoms with E-state index in [-0.39, 0.29) is 0 Å². The summed E-state index contributed by atoms with van der Waals surface area (Å²) in [4.78, 5) is 13.3. The van der Waals surface area contributed by atoms with Crippen LogP contribution in [0.5, 0.6) is 0 Å². The molecule has 16 heavy (non-hydrogen) atoms. The van der Waals surface area contributed by atoms with Crippen LogP contribution in [0.25, 0.3) is 0 Å². The highest BCUT2D eigenvalue weighted by molar-refractivity contribution is 5.87. The zero-order valence-corrected chi connectivity index (χ0v) is 9.73. The Balaban J connectivity index is 2.28. The van der Waals surface area contributed by atoms with Gasteiger partial charge in [0.25, 0.3) is 0 Å². The largest absolute Gasteiger partial charge is 0.478 e. The molecule has 0 saturated carbocycles. The van der Waals surface area contributed by atoms with E-state index in [4.69, 9.17) is 5.11 Å². The van der Waals surface area contributed by atoms with Crippen LogP contribution in [0.1, 0.15) is 35.3 Å². The van der Waals surface area contributed by atoms with Crippen molar-refractivity contribution >= 4 is 5.97 Å². The quantitative estimate of drug-likeness (QED) is 0.828. The third-order valence-corrected chi connectivity index (χ3v) is 3.23. The lowest BCUT2D eigenvalue weighted by Crippen LogP contribution is -2.35. The molecule has 3 nitrogen and oxygen atoms in total. The fourth-order valence-corrected chi connectivity index (χ4v) is 2.15. The second-order valence-corrected chi connectivity index (χ2v) is 4.60. The van der Waals surface area contributed by atoms with Gasteiger partial charge in [0.05, 0.1) is 5.56 Å². The maximum Gasteiger partial charge on any atom is 0.335 e. The second kappa shape index (κ2) is 4.26. The number of hydrogen-bond acceptors (Lipinski definition) is 2. The number of nitrogens with zero attached hydrogens (tertiary/aromatic N) is 1. The summed E-state index contributed by atoms with van der Waals surface area (Å²) >= 11 is 0. The molecule has 0 amide bonds. The first-order chi connectivity index (χ1) is 7.58. The van der Waals surface area contributed by atoms with Gasteiger partial charge >= 0.3 is 5.97 Å². The van der Waals surface area contributed by atoms with Crippen molar-refractivity contribution < 1.29 is 9.90 Å². The van der Waals surface area contributed by atoms with Gasteiger partial charge < -0.3 is 5.11 Å². The van der Waals surface area contributed by atoms with Gasteiger partial charge in [0.1, 0.15) is 0 Å². The number of carboxylic acid groups (broad SMARTS) is 1. The lowest BCUT2D eigenvalue weighted by Gasteiger charge is -2.32. The van der Waals surface area contributed by atoms with E-state index in [9.17, 15) is 4.79 Å². The summed E-state index contributed by atoms with van der Waals surface area (Å²) in [7, 11) is 0. The van der Waals surface area contributed by atoms with Crippen LogP contribution in [0, 0.1) is 0 Å². The predicted molar refractivity (Wildman–Crippen MR) is 62.7 cm³/mol. The Hall–Kier alpha value is -1.35. The first-order valence-electron chi connectivity index (χ1n) is 5.67. The first-order valence-corrected chi connectivity index (χ1v) is 5.67. The lowest BCUT2D eigenvalue weighted by atomic mass is 9.96. The maximum atomic E-state index is 10.9. The highest BCUT2D eigenvalue weighted by Crippen LogP contribution is 2.21. The van der Waals surface area contributed by atoms with Gasteiger partial charge in [0.15, 0.2) is 0 Å². The molecule has 0 aliphatic carbocycles. The van der Waals surface area contributed by atoms with Gasteiger partial charge in [-0.05, 0) is 43.5 Å². The standard InChI is InChI=1S/C13H17NO2/c1-9(2)14-6-5-10-3-4-11(13(15)16)7-12(10)8-14/h3-4,7,9H,5-6,8H2,1-2H3,(H,15,16). The summed E-state index contributed by atoms with van der Waals surface area (Å²) in [5.74, 6) is -0.843. The molecule has 86 valence electrons. The van der Waals surface area contributed by atoms with Gasteiger partial charge in [-0.25, -0.2) is 4.79 Å². The van der Waals surface area contributed by atoms with Crippen LogP contribution in [-0.2, 0) is 13.0 Å². The Kier molecular flexibility index (Phi) is 2.97. The molecule has 1 N–H and O–H groups in total. The van der Waals surface area contributed by atoms with Gasteiger partial charge in [-0.1, -0.05) is 6.07 Å². The number of carbonyl (C=O) groups is 1. The summed E-state index contributed by atoms with van der Waals surface area (Å²) in [5, 5.41) is 8.95. The Morgan fingerprint density at radius 2 is 2.12 bits per heavy atom. The third kappa shape index (κ3) is 2.09. The van der Waals surface area contributed by atoms with E-state index in [0.717, 1.165) is 19.5 Å². The minimum absolute atomic E-state index is 0.393. The highest BCUT2D eigenvalue weighted by atomic mass is 16.4. The fraction of sp³-hybridized carbons (Fsp3) is 0.462. The summed E-state index contributed by atoms with van der Waals surface area (Å²) < 4.78 is 0. The molecule has 3 heteroatoms. The molecule has 0 radical (unpaired) electrons. The molecular formula is C13H17NO2. The van der Waals surface area contributed by atoms with Gasteiger partial charge in [0, 0.05) is 19.1 Å². The van der Waals surface area contributed by atoms with E-state index in [1.54, 1.807) is 6.07 Å². The molecule has 1 aliphatic heterocycles. The minimum Gasteiger partial charge on any atom is -0.478 e. The molecule has 1 aliphatic rings. The molecule has 0 aromatic heterocycles. The monoisotopic (exact) mass is 219 g/mol. The smallest absolute Gasteiger partial charge is 0.335 e. The first kappa shape index (κ1) is 11.1. The van der Waals surface area contributed by atoms with Crippen molar-refractivity contribution in [1.82, 2.24) is 4.90 Å². The molecule has 0 saturated heterocycles. The zero-order chi connectivity index (χ0) is 11.7. The van der Waals surface area contributed by atoms with Crippen molar-refractivity contribution in [3.05, 3.63) is 34.9 Å². The Bertz CT molecular complexity index is 412. The molecule has 0 fully saturated rings. The van der Waals surface area contributed by atoms with Crippen LogP contribution in [-0.4, -0.2) is 28.6 Å². The van der Waals surface area contributed by atoms with Gasteiger partial charge in [0.2, 0.25) is 0 Å². The molecule has 1 aromatic rings. The second-order valence-electron chi connectivity index (χ2n) is 4.60. The van der Waals surface area contributed by atoms with Crippen LogP contribution in [0.3, 0.4) is 0 Å². The van der Waals surface area contributed by atoms with E-state index < -0.39 is 5.97 Å². The Labute approximate surface area is 95.7 Å². The Morgan fingerprint density at radius 1 is 1.38 bits per heavy atom. The lowest BCUT2D eigenvalue weighted by molar-refractivity contribution is 0.0696. The van der Waals surface area contributed by atoms with Crippen molar-refractivity contribution in [2.75, 3.05) is 6.54 Å². The van der Waals surface area contributed by atoms with Crippen molar-refractivity contribution in [3.8, 4) is 0 Å². The number of benzene rings is 1. The average molecular weight is 219 g/mol. The van der Waals surface area contributed by atoms with Gasteiger partial charge in [-0.2, -0.15) is 0 Å². The number of fused-ring (bicyclic) bond motifs is 1. The number of carboxylic acids is 1. The summed E-state index contributed by atoms with van der Waals surface area (Å²) in [5.41, 5.74) is 2.85. The van der Waals surface area contributed by atoms with Crippen LogP contribution in [0.2, 0.25) is 0 Å². The highest BCUT2D eigenvalue weighted by Gasteiger charge is 2.19. The van der Waals surface area contributed by atoms with E-state index in [1.807, 2.05) is 12.1 Å². The molecule has 1 heterocycles. The number of hydrogen-bond donors (Lipinski definition) is 1. The normalized spacial score (nSPS) is 16.2. The van der Waals surface area contributed by atoms with E-state index in [1.165, 1.54) is 11.1 Å². The average Bonchev–Trinajstić information content (AvgIpc) is 2.27. The number of rotatable bonds is 2. The van der Waals surface area contributed by atoms with Crippen LogP contribution >= 0.6 is 0 Å². The van der Waals surface area contributed by atoms with E-state index in [2.05, 4.69) is 18.7 Å². The molecule has 1 aromatic carbocycles. The molecule has 0 unspecified atom stereocenters.